The minimum absolute atomic E-state index is 0.0132. The van der Waals surface area contributed by atoms with Crippen LogP contribution in [0.4, 0.5) is 0 Å². The number of nitrogens with zero attached hydrogens (tertiary/aromatic N) is 2. The van der Waals surface area contributed by atoms with E-state index in [1.165, 1.54) is 25.7 Å². The van der Waals surface area contributed by atoms with Gasteiger partial charge in [-0.05, 0) is 61.6 Å². The van der Waals surface area contributed by atoms with Gasteiger partial charge in [0.15, 0.2) is 0 Å². The van der Waals surface area contributed by atoms with Crippen LogP contribution in [0.3, 0.4) is 0 Å². The van der Waals surface area contributed by atoms with Crippen molar-refractivity contribution in [2.24, 2.45) is 17.8 Å². The maximum Gasteiger partial charge on any atom is 0.323 e. The van der Waals surface area contributed by atoms with Crippen molar-refractivity contribution in [2.75, 3.05) is 13.1 Å². The molecule has 5 heteroatoms. The van der Waals surface area contributed by atoms with E-state index in [-0.39, 0.29) is 18.4 Å². The molecule has 0 radical (unpaired) electrons. The van der Waals surface area contributed by atoms with Crippen molar-refractivity contribution >= 4 is 11.9 Å². The number of carboxylic acids is 1. The van der Waals surface area contributed by atoms with Crippen LogP contribution in [-0.2, 0) is 16.0 Å². The van der Waals surface area contributed by atoms with E-state index in [0.29, 0.717) is 30.4 Å². The van der Waals surface area contributed by atoms with Crippen molar-refractivity contribution in [3.05, 3.63) is 35.4 Å². The molecular formula is C25H34N2O3. The van der Waals surface area contributed by atoms with Crippen LogP contribution in [0.2, 0.25) is 0 Å². The first kappa shape index (κ1) is 22.3. The van der Waals surface area contributed by atoms with Gasteiger partial charge in [0, 0.05) is 12.5 Å². The number of carboxylic acid groups (broad SMARTS) is 1. The van der Waals surface area contributed by atoms with Gasteiger partial charge >= 0.3 is 5.97 Å². The lowest BCUT2D eigenvalue weighted by Gasteiger charge is -2.35. The summed E-state index contributed by atoms with van der Waals surface area (Å²) in [5.41, 5.74) is 1.66. The number of aliphatic carboxylic acids is 1. The number of hydrogen-bond donors (Lipinski definition) is 1. The summed E-state index contributed by atoms with van der Waals surface area (Å²) < 4.78 is 0. The van der Waals surface area contributed by atoms with Crippen molar-refractivity contribution in [3.63, 3.8) is 0 Å². The van der Waals surface area contributed by atoms with Crippen LogP contribution in [0, 0.1) is 29.1 Å². The Hall–Kier alpha value is -2.35. The van der Waals surface area contributed by atoms with Crippen molar-refractivity contribution in [1.82, 2.24) is 4.90 Å². The first-order chi connectivity index (χ1) is 14.6. The Bertz CT molecular complexity index is 741. The van der Waals surface area contributed by atoms with E-state index < -0.39 is 5.97 Å². The van der Waals surface area contributed by atoms with Gasteiger partial charge < -0.3 is 10.0 Å². The minimum Gasteiger partial charge on any atom is -0.480 e. The van der Waals surface area contributed by atoms with Gasteiger partial charge in [0.1, 0.15) is 6.54 Å². The Balaban J connectivity index is 1.79. The van der Waals surface area contributed by atoms with Gasteiger partial charge in [0.25, 0.3) is 0 Å². The first-order valence-electron chi connectivity index (χ1n) is 11.6. The lowest BCUT2D eigenvalue weighted by molar-refractivity contribution is -0.148. The van der Waals surface area contributed by atoms with Crippen molar-refractivity contribution in [2.45, 2.75) is 70.6 Å². The molecule has 0 heterocycles. The quantitative estimate of drug-likeness (QED) is 0.668. The monoisotopic (exact) mass is 410 g/mol. The summed E-state index contributed by atoms with van der Waals surface area (Å²) in [4.78, 5) is 26.9. The molecule has 2 aliphatic rings. The van der Waals surface area contributed by atoms with Gasteiger partial charge in [-0.3, -0.25) is 9.59 Å². The fourth-order valence-electron chi connectivity index (χ4n) is 5.27. The normalized spacial score (nSPS) is 19.0. The summed E-state index contributed by atoms with van der Waals surface area (Å²) in [6.07, 6.45) is 12.0. The van der Waals surface area contributed by atoms with Crippen LogP contribution >= 0.6 is 0 Å². The molecule has 5 nitrogen and oxygen atoms in total. The molecule has 2 fully saturated rings. The zero-order chi connectivity index (χ0) is 21.3. The lowest BCUT2D eigenvalue weighted by atomic mass is 9.76. The molecule has 1 unspecified atom stereocenters. The number of amides is 1. The van der Waals surface area contributed by atoms with E-state index in [0.717, 1.165) is 44.1 Å². The smallest absolute Gasteiger partial charge is 0.323 e. The maximum atomic E-state index is 13.7. The predicted octanol–water partition coefficient (Wildman–Crippen LogP) is 4.79. The Kier molecular flexibility index (Phi) is 8.30. The summed E-state index contributed by atoms with van der Waals surface area (Å²) in [6.45, 7) is 0.369. The third kappa shape index (κ3) is 6.32. The maximum absolute atomic E-state index is 13.7. The molecule has 0 spiro atoms. The number of carbonyl (C=O) groups is 2. The molecule has 1 aromatic carbocycles. The predicted molar refractivity (Wildman–Crippen MR) is 116 cm³/mol. The molecule has 0 bridgehead atoms. The summed E-state index contributed by atoms with van der Waals surface area (Å²) in [6, 6.07) is 9.61. The van der Waals surface area contributed by atoms with Gasteiger partial charge in [-0.25, -0.2) is 0 Å². The van der Waals surface area contributed by atoms with Gasteiger partial charge in [0.2, 0.25) is 5.91 Å². The molecule has 1 aromatic rings. The van der Waals surface area contributed by atoms with Crippen LogP contribution in [-0.4, -0.2) is 35.0 Å². The second-order valence-corrected chi connectivity index (χ2v) is 9.13. The second-order valence-electron chi connectivity index (χ2n) is 9.13. The third-order valence-electron chi connectivity index (χ3n) is 6.92. The van der Waals surface area contributed by atoms with Gasteiger partial charge in [-0.2, -0.15) is 5.26 Å². The number of rotatable bonds is 8. The number of carbonyl (C=O) groups excluding carboxylic acids is 1. The summed E-state index contributed by atoms with van der Waals surface area (Å²) in [5.74, 6) is -0.367. The van der Waals surface area contributed by atoms with Crippen LogP contribution in [0.1, 0.15) is 75.3 Å². The van der Waals surface area contributed by atoms with E-state index in [2.05, 4.69) is 6.07 Å². The van der Waals surface area contributed by atoms with Crippen LogP contribution in [0.15, 0.2) is 24.3 Å². The largest absolute Gasteiger partial charge is 0.480 e. The fraction of sp³-hybridized carbons (Fsp3) is 0.640. The average molecular weight is 411 g/mol. The molecule has 1 amide bonds. The van der Waals surface area contributed by atoms with E-state index in [9.17, 15) is 14.7 Å². The van der Waals surface area contributed by atoms with Gasteiger partial charge in [-0.1, -0.05) is 50.7 Å². The SMILES string of the molecule is N#Cc1ccc(CC(C(=O)N(CC(=O)O)CC2CCCCC2)C2CCCCC2)cc1. The van der Waals surface area contributed by atoms with Gasteiger partial charge in [-0.15, -0.1) is 0 Å². The molecule has 0 saturated heterocycles. The van der Waals surface area contributed by atoms with E-state index in [4.69, 9.17) is 5.26 Å². The van der Waals surface area contributed by atoms with Crippen LogP contribution < -0.4 is 0 Å². The number of nitriles is 1. The van der Waals surface area contributed by atoms with Crippen LogP contribution in [0.25, 0.3) is 0 Å². The van der Waals surface area contributed by atoms with Gasteiger partial charge in [0.05, 0.1) is 11.6 Å². The molecule has 2 aliphatic carbocycles. The highest BCUT2D eigenvalue weighted by atomic mass is 16.4. The molecular weight excluding hydrogens is 376 g/mol. The summed E-state index contributed by atoms with van der Waals surface area (Å²) in [5, 5.41) is 18.5. The Morgan fingerprint density at radius 1 is 1.00 bits per heavy atom. The summed E-state index contributed by atoms with van der Waals surface area (Å²) in [7, 11) is 0. The Labute approximate surface area is 180 Å². The van der Waals surface area contributed by atoms with Crippen LogP contribution in [0.5, 0.6) is 0 Å². The van der Waals surface area contributed by atoms with E-state index in [1.54, 1.807) is 17.0 Å². The number of hydrogen-bond acceptors (Lipinski definition) is 3. The standard InChI is InChI=1S/C25H34N2O3/c26-16-20-13-11-19(12-14-20)15-23(22-9-5-2-6-10-22)25(30)27(18-24(28)29)17-21-7-3-1-4-8-21/h11-14,21-23H,1-10,15,17-18H2,(H,28,29). The minimum atomic E-state index is -0.931. The highest BCUT2D eigenvalue weighted by Crippen LogP contribution is 2.34. The van der Waals surface area contributed by atoms with Crippen molar-refractivity contribution in [3.8, 4) is 6.07 Å². The zero-order valence-corrected chi connectivity index (χ0v) is 17.9. The molecule has 2 saturated carbocycles. The summed E-state index contributed by atoms with van der Waals surface area (Å²) >= 11 is 0. The Morgan fingerprint density at radius 2 is 1.60 bits per heavy atom. The zero-order valence-electron chi connectivity index (χ0n) is 17.9. The highest BCUT2D eigenvalue weighted by Gasteiger charge is 2.34. The number of benzene rings is 1. The van der Waals surface area contributed by atoms with Crippen molar-refractivity contribution < 1.29 is 14.7 Å². The average Bonchev–Trinajstić information content (AvgIpc) is 2.78. The van der Waals surface area contributed by atoms with E-state index in [1.807, 2.05) is 12.1 Å². The molecule has 1 N–H and O–H groups in total. The van der Waals surface area contributed by atoms with E-state index >= 15 is 0 Å². The topological polar surface area (TPSA) is 81.4 Å². The molecule has 0 aromatic heterocycles. The molecule has 0 aliphatic heterocycles. The lowest BCUT2D eigenvalue weighted by Crippen LogP contribution is -2.45. The second kappa shape index (κ2) is 11.2. The highest BCUT2D eigenvalue weighted by molar-refractivity contribution is 5.83. The third-order valence-corrected chi connectivity index (χ3v) is 6.92. The molecule has 30 heavy (non-hydrogen) atoms. The Morgan fingerprint density at radius 3 is 2.17 bits per heavy atom. The van der Waals surface area contributed by atoms with Crippen molar-refractivity contribution in [1.29, 1.82) is 5.26 Å². The first-order valence-corrected chi connectivity index (χ1v) is 11.6. The fourth-order valence-corrected chi connectivity index (χ4v) is 5.27. The molecule has 1 atom stereocenters. The molecule has 162 valence electrons. The molecule has 3 rings (SSSR count).